The first-order chi connectivity index (χ1) is 10.2. The van der Waals surface area contributed by atoms with Crippen LogP contribution in [-0.2, 0) is 31.2 Å². The van der Waals surface area contributed by atoms with Gasteiger partial charge in [-0.15, -0.1) is 11.3 Å². The van der Waals surface area contributed by atoms with Crippen LogP contribution in [0.5, 0.6) is 0 Å². The molecule has 0 spiro atoms. The fraction of sp³-hybridized carbons (Fsp3) is 0.500. The summed E-state index contributed by atoms with van der Waals surface area (Å²) < 4.78 is 2.10. The molecule has 7 heteroatoms. The molecule has 0 fully saturated rings. The Balaban J connectivity index is 1.75. The molecule has 2 aromatic rings. The third-order valence-corrected chi connectivity index (χ3v) is 4.53. The number of rotatable bonds is 5. The fourth-order valence-corrected chi connectivity index (χ4v) is 3.36. The van der Waals surface area contributed by atoms with Crippen LogP contribution in [0.4, 0.5) is 0 Å². The Bertz CT molecular complexity index is 636. The molecule has 1 unspecified atom stereocenters. The van der Waals surface area contributed by atoms with Crippen molar-refractivity contribution in [2.24, 2.45) is 7.05 Å². The summed E-state index contributed by atoms with van der Waals surface area (Å²) in [6.07, 6.45) is 4.48. The van der Waals surface area contributed by atoms with Gasteiger partial charge in [-0.1, -0.05) is 0 Å². The van der Waals surface area contributed by atoms with E-state index in [1.165, 1.54) is 35.6 Å². The second-order valence-electron chi connectivity index (χ2n) is 5.25. The van der Waals surface area contributed by atoms with E-state index in [-0.39, 0.29) is 0 Å². The van der Waals surface area contributed by atoms with Gasteiger partial charge in [-0.3, -0.25) is 10.1 Å². The van der Waals surface area contributed by atoms with Crippen LogP contribution < -0.4 is 5.32 Å². The third kappa shape index (κ3) is 2.84. The zero-order chi connectivity index (χ0) is 14.8. The quantitative estimate of drug-likeness (QED) is 0.878. The number of nitrogens with one attached hydrogen (secondary N) is 1. The standard InChI is InChI=1S/C14H18N4O2S/c1-18-11-5-3-2-4-9(11)17-12(18)6-15-13(14(19)20)10-7-21-8-16-10/h7-8,13,15H,2-6H2,1H3,(H,19,20). The molecule has 21 heavy (non-hydrogen) atoms. The van der Waals surface area contributed by atoms with Crippen molar-refractivity contribution < 1.29 is 9.90 Å². The number of aliphatic carboxylic acids is 1. The minimum atomic E-state index is -0.917. The van der Waals surface area contributed by atoms with Crippen molar-refractivity contribution in [3.63, 3.8) is 0 Å². The molecule has 1 aliphatic carbocycles. The number of carboxylic acid groups (broad SMARTS) is 1. The number of imidazole rings is 1. The molecule has 6 nitrogen and oxygen atoms in total. The van der Waals surface area contributed by atoms with E-state index in [1.54, 1.807) is 10.9 Å². The lowest BCUT2D eigenvalue weighted by molar-refractivity contribution is -0.139. The molecule has 0 radical (unpaired) electrons. The smallest absolute Gasteiger partial charge is 0.327 e. The maximum Gasteiger partial charge on any atom is 0.327 e. The number of hydrogen-bond acceptors (Lipinski definition) is 5. The number of fused-ring (bicyclic) bond motifs is 1. The average Bonchev–Trinajstić information content (AvgIpc) is 3.09. The topological polar surface area (TPSA) is 80.0 Å². The zero-order valence-corrected chi connectivity index (χ0v) is 12.7. The molecule has 3 rings (SSSR count). The van der Waals surface area contributed by atoms with Crippen LogP contribution in [0, 0.1) is 0 Å². The highest BCUT2D eigenvalue weighted by Crippen LogP contribution is 2.22. The normalized spacial score (nSPS) is 15.7. The minimum Gasteiger partial charge on any atom is -0.480 e. The minimum absolute atomic E-state index is 0.429. The summed E-state index contributed by atoms with van der Waals surface area (Å²) in [6.45, 7) is 0.429. The Kier molecular flexibility index (Phi) is 4.03. The highest BCUT2D eigenvalue weighted by molar-refractivity contribution is 7.07. The van der Waals surface area contributed by atoms with Crippen molar-refractivity contribution in [3.05, 3.63) is 33.8 Å². The summed E-state index contributed by atoms with van der Waals surface area (Å²) >= 11 is 1.40. The monoisotopic (exact) mass is 306 g/mol. The Labute approximate surface area is 126 Å². The number of nitrogens with zero attached hydrogens (tertiary/aromatic N) is 3. The molecule has 0 amide bonds. The van der Waals surface area contributed by atoms with Gasteiger partial charge < -0.3 is 9.67 Å². The Morgan fingerprint density at radius 3 is 3.00 bits per heavy atom. The highest BCUT2D eigenvalue weighted by atomic mass is 32.1. The Morgan fingerprint density at radius 1 is 1.52 bits per heavy atom. The number of aryl methyl sites for hydroxylation is 1. The first-order valence-electron chi connectivity index (χ1n) is 7.04. The van der Waals surface area contributed by atoms with Gasteiger partial charge in [0.05, 0.1) is 23.4 Å². The van der Waals surface area contributed by atoms with Gasteiger partial charge in [0.1, 0.15) is 11.9 Å². The van der Waals surface area contributed by atoms with Crippen molar-refractivity contribution in [3.8, 4) is 0 Å². The number of thiazole rings is 1. The summed E-state index contributed by atoms with van der Waals surface area (Å²) in [4.78, 5) is 20.1. The van der Waals surface area contributed by atoms with Crippen molar-refractivity contribution in [1.82, 2.24) is 19.9 Å². The molecule has 1 aliphatic rings. The van der Waals surface area contributed by atoms with E-state index in [0.717, 1.165) is 18.7 Å². The molecule has 0 saturated heterocycles. The van der Waals surface area contributed by atoms with Crippen LogP contribution in [0.15, 0.2) is 10.9 Å². The van der Waals surface area contributed by atoms with Crippen molar-refractivity contribution in [2.75, 3.05) is 0 Å². The van der Waals surface area contributed by atoms with Gasteiger partial charge in [0, 0.05) is 18.1 Å². The van der Waals surface area contributed by atoms with Gasteiger partial charge in [-0.05, 0) is 25.7 Å². The predicted molar refractivity (Wildman–Crippen MR) is 79.2 cm³/mol. The van der Waals surface area contributed by atoms with Gasteiger partial charge in [0.2, 0.25) is 0 Å². The summed E-state index contributed by atoms with van der Waals surface area (Å²) in [5.74, 6) is -0.0248. The van der Waals surface area contributed by atoms with Crippen molar-refractivity contribution in [2.45, 2.75) is 38.3 Å². The molecule has 0 saturated carbocycles. The van der Waals surface area contributed by atoms with Gasteiger partial charge in [0.25, 0.3) is 0 Å². The van der Waals surface area contributed by atoms with Crippen LogP contribution >= 0.6 is 11.3 Å². The zero-order valence-electron chi connectivity index (χ0n) is 11.9. The third-order valence-electron chi connectivity index (χ3n) is 3.92. The first kappa shape index (κ1) is 14.2. The van der Waals surface area contributed by atoms with Crippen LogP contribution in [0.1, 0.15) is 41.8 Å². The molecule has 2 N–H and O–H groups in total. The highest BCUT2D eigenvalue weighted by Gasteiger charge is 2.23. The Hall–Kier alpha value is -1.73. The van der Waals surface area contributed by atoms with E-state index in [9.17, 15) is 9.90 Å². The van der Waals surface area contributed by atoms with E-state index >= 15 is 0 Å². The maximum absolute atomic E-state index is 11.4. The SMILES string of the molecule is Cn1c(CNC(C(=O)O)c2cscn2)nc2c1CCCC2. The molecular formula is C14H18N4O2S. The second kappa shape index (κ2) is 5.95. The van der Waals surface area contributed by atoms with Gasteiger partial charge in [-0.25, -0.2) is 9.97 Å². The summed E-state index contributed by atoms with van der Waals surface area (Å²) in [6, 6.07) is -0.787. The molecule has 2 aromatic heterocycles. The van der Waals surface area contributed by atoms with Crippen LogP contribution in [0.3, 0.4) is 0 Å². The van der Waals surface area contributed by atoms with E-state index in [0.29, 0.717) is 12.2 Å². The number of carboxylic acids is 1. The van der Waals surface area contributed by atoms with Gasteiger partial charge in [-0.2, -0.15) is 0 Å². The van der Waals surface area contributed by atoms with Crippen LogP contribution in [0.25, 0.3) is 0 Å². The van der Waals surface area contributed by atoms with E-state index in [1.807, 2.05) is 7.05 Å². The summed E-state index contributed by atoms with van der Waals surface area (Å²) in [7, 11) is 2.01. The van der Waals surface area contributed by atoms with Gasteiger partial charge in [0.15, 0.2) is 0 Å². The molecule has 1 atom stereocenters. The first-order valence-corrected chi connectivity index (χ1v) is 7.98. The molecule has 2 heterocycles. The summed E-state index contributed by atoms with van der Waals surface area (Å²) in [5, 5.41) is 14.1. The number of hydrogen-bond donors (Lipinski definition) is 2. The van der Waals surface area contributed by atoms with Gasteiger partial charge >= 0.3 is 5.97 Å². The maximum atomic E-state index is 11.4. The Morgan fingerprint density at radius 2 is 2.33 bits per heavy atom. The predicted octanol–water partition coefficient (Wildman–Crippen LogP) is 1.67. The van der Waals surface area contributed by atoms with E-state index < -0.39 is 12.0 Å². The molecular weight excluding hydrogens is 288 g/mol. The second-order valence-corrected chi connectivity index (χ2v) is 5.97. The fourth-order valence-electron chi connectivity index (χ4n) is 2.78. The molecule has 0 aliphatic heterocycles. The van der Waals surface area contributed by atoms with Crippen molar-refractivity contribution in [1.29, 1.82) is 0 Å². The summed E-state index contributed by atoms with van der Waals surface area (Å²) in [5.41, 5.74) is 4.65. The molecule has 112 valence electrons. The number of aromatic nitrogens is 3. The number of carbonyl (C=O) groups is 1. The molecule has 0 aromatic carbocycles. The van der Waals surface area contributed by atoms with E-state index in [4.69, 9.17) is 0 Å². The lowest BCUT2D eigenvalue weighted by atomic mass is 10.0. The largest absolute Gasteiger partial charge is 0.480 e. The van der Waals surface area contributed by atoms with Crippen LogP contribution in [-0.4, -0.2) is 25.6 Å². The van der Waals surface area contributed by atoms with E-state index in [2.05, 4.69) is 19.9 Å². The van der Waals surface area contributed by atoms with Crippen LogP contribution in [0.2, 0.25) is 0 Å². The average molecular weight is 306 g/mol. The van der Waals surface area contributed by atoms with Crippen molar-refractivity contribution >= 4 is 17.3 Å². The lowest BCUT2D eigenvalue weighted by Crippen LogP contribution is -2.29. The molecule has 0 bridgehead atoms. The lowest BCUT2D eigenvalue weighted by Gasteiger charge is -2.13.